The number of aromatic nitrogens is 1. The van der Waals surface area contributed by atoms with E-state index in [2.05, 4.69) is 14.4 Å². The Morgan fingerprint density at radius 2 is 2.31 bits per heavy atom. The van der Waals surface area contributed by atoms with Crippen LogP contribution in [0.1, 0.15) is 16.1 Å². The molecule has 6 heteroatoms. The van der Waals surface area contributed by atoms with Crippen LogP contribution in [0.3, 0.4) is 0 Å². The molecule has 0 saturated carbocycles. The van der Waals surface area contributed by atoms with Crippen molar-refractivity contribution in [3.8, 4) is 0 Å². The number of carbonyl (C=O) groups is 1. The van der Waals surface area contributed by atoms with Crippen LogP contribution in [0.5, 0.6) is 0 Å². The fourth-order valence-corrected chi connectivity index (χ4v) is 1.06. The van der Waals surface area contributed by atoms with Gasteiger partial charge in [0.2, 0.25) is 5.22 Å². The van der Waals surface area contributed by atoms with Crippen LogP contribution < -0.4 is 0 Å². The highest BCUT2D eigenvalue weighted by atomic mass is 35.5. The molecule has 0 amide bonds. The number of hydrogen-bond donors (Lipinski definition) is 0. The lowest BCUT2D eigenvalue weighted by molar-refractivity contribution is 0.0595. The lowest BCUT2D eigenvalue weighted by atomic mass is 10.2. The second-order valence-corrected chi connectivity index (χ2v) is 2.55. The molecule has 13 heavy (non-hydrogen) atoms. The Balaban J connectivity index is 3.01. The van der Waals surface area contributed by atoms with Crippen molar-refractivity contribution in [3.63, 3.8) is 0 Å². The summed E-state index contributed by atoms with van der Waals surface area (Å²) in [7, 11) is 2.73. The van der Waals surface area contributed by atoms with Crippen LogP contribution in [0.25, 0.3) is 0 Å². The molecule has 72 valence electrons. The first kappa shape index (κ1) is 10.0. The molecule has 0 N–H and O–H groups in total. The van der Waals surface area contributed by atoms with Crippen LogP contribution in [0, 0.1) is 0 Å². The van der Waals surface area contributed by atoms with Crippen molar-refractivity contribution in [2.75, 3.05) is 14.2 Å². The zero-order valence-electron chi connectivity index (χ0n) is 7.17. The first-order valence-corrected chi connectivity index (χ1v) is 3.79. The Hall–Kier alpha value is -1.07. The SMILES string of the molecule is COCc1noc(Cl)c1C(=O)OC. The molecule has 1 heterocycles. The number of nitrogens with zero attached hydrogens (tertiary/aromatic N) is 1. The van der Waals surface area contributed by atoms with Crippen molar-refractivity contribution in [2.45, 2.75) is 6.61 Å². The van der Waals surface area contributed by atoms with Gasteiger partial charge in [-0.05, 0) is 11.6 Å². The smallest absolute Gasteiger partial charge is 0.344 e. The average molecular weight is 206 g/mol. The third-order valence-electron chi connectivity index (χ3n) is 1.39. The molecule has 0 spiro atoms. The molecular formula is C7H8ClNO4. The maximum absolute atomic E-state index is 11.1. The molecular weight excluding hydrogens is 198 g/mol. The van der Waals surface area contributed by atoms with Crippen LogP contribution in [0.15, 0.2) is 4.52 Å². The van der Waals surface area contributed by atoms with Gasteiger partial charge < -0.3 is 14.0 Å². The molecule has 1 rings (SSSR count). The van der Waals surface area contributed by atoms with Gasteiger partial charge in [-0.15, -0.1) is 0 Å². The van der Waals surface area contributed by atoms with Gasteiger partial charge >= 0.3 is 5.97 Å². The average Bonchev–Trinajstić information content (AvgIpc) is 2.47. The van der Waals surface area contributed by atoms with Gasteiger partial charge in [-0.3, -0.25) is 0 Å². The minimum atomic E-state index is -0.585. The Bertz CT molecular complexity index is 309. The fraction of sp³-hybridized carbons (Fsp3) is 0.429. The standard InChI is InChI=1S/C7H8ClNO4/c1-11-3-4-5(7(10)12-2)6(8)13-9-4/h3H2,1-2H3. The molecule has 0 aliphatic rings. The molecule has 0 fully saturated rings. The zero-order valence-corrected chi connectivity index (χ0v) is 7.92. The molecule has 1 aromatic rings. The Kier molecular flexibility index (Phi) is 3.27. The zero-order chi connectivity index (χ0) is 9.84. The summed E-state index contributed by atoms with van der Waals surface area (Å²) < 4.78 is 13.9. The largest absolute Gasteiger partial charge is 0.465 e. The van der Waals surface area contributed by atoms with Crippen molar-refractivity contribution in [1.29, 1.82) is 0 Å². The summed E-state index contributed by atoms with van der Waals surface area (Å²) in [4.78, 5) is 11.1. The third-order valence-corrected chi connectivity index (χ3v) is 1.65. The van der Waals surface area contributed by atoms with Crippen LogP contribution >= 0.6 is 11.6 Å². The van der Waals surface area contributed by atoms with Crippen LogP contribution in [0.2, 0.25) is 5.22 Å². The number of halogens is 1. The fourth-order valence-electron chi connectivity index (χ4n) is 0.835. The summed E-state index contributed by atoms with van der Waals surface area (Å²) >= 11 is 5.57. The molecule has 0 saturated heterocycles. The summed E-state index contributed by atoms with van der Waals surface area (Å²) in [5.74, 6) is -0.585. The normalized spacial score (nSPS) is 10.1. The Labute approximate surface area is 79.5 Å². The van der Waals surface area contributed by atoms with E-state index in [-0.39, 0.29) is 17.4 Å². The van der Waals surface area contributed by atoms with Crippen LogP contribution in [0.4, 0.5) is 0 Å². The van der Waals surface area contributed by atoms with E-state index in [0.29, 0.717) is 5.69 Å². The summed E-state index contributed by atoms with van der Waals surface area (Å²) in [6.45, 7) is 0.153. The molecule has 0 bridgehead atoms. The van der Waals surface area contributed by atoms with Gasteiger partial charge in [-0.1, -0.05) is 5.16 Å². The predicted octanol–water partition coefficient (Wildman–Crippen LogP) is 1.26. The van der Waals surface area contributed by atoms with E-state index in [9.17, 15) is 4.79 Å². The van der Waals surface area contributed by atoms with Crippen LogP contribution in [-0.4, -0.2) is 25.3 Å². The third kappa shape index (κ3) is 1.99. The lowest BCUT2D eigenvalue weighted by Gasteiger charge is -1.97. The molecule has 0 unspecified atom stereocenters. The van der Waals surface area contributed by atoms with Gasteiger partial charge in [0.05, 0.1) is 13.7 Å². The van der Waals surface area contributed by atoms with E-state index in [1.54, 1.807) is 0 Å². The maximum Gasteiger partial charge on any atom is 0.344 e. The highest BCUT2D eigenvalue weighted by Crippen LogP contribution is 2.20. The van der Waals surface area contributed by atoms with E-state index in [1.807, 2.05) is 0 Å². The first-order valence-electron chi connectivity index (χ1n) is 3.42. The molecule has 0 atom stereocenters. The monoisotopic (exact) mass is 205 g/mol. The van der Waals surface area contributed by atoms with Crippen molar-refractivity contribution in [1.82, 2.24) is 5.16 Å². The van der Waals surface area contributed by atoms with Crippen molar-refractivity contribution in [3.05, 3.63) is 16.5 Å². The number of carbonyl (C=O) groups excluding carboxylic acids is 1. The van der Waals surface area contributed by atoms with Gasteiger partial charge in [-0.2, -0.15) is 0 Å². The van der Waals surface area contributed by atoms with E-state index in [1.165, 1.54) is 14.2 Å². The van der Waals surface area contributed by atoms with Crippen molar-refractivity contribution in [2.24, 2.45) is 0 Å². The van der Waals surface area contributed by atoms with Gasteiger partial charge in [0, 0.05) is 7.11 Å². The number of esters is 1. The van der Waals surface area contributed by atoms with Gasteiger partial charge in [0.15, 0.2) is 0 Å². The molecule has 0 aliphatic carbocycles. The number of ether oxygens (including phenoxy) is 2. The highest BCUT2D eigenvalue weighted by molar-refractivity contribution is 6.31. The summed E-state index contributed by atoms with van der Waals surface area (Å²) in [6.07, 6.45) is 0. The highest BCUT2D eigenvalue weighted by Gasteiger charge is 2.21. The van der Waals surface area contributed by atoms with E-state index in [0.717, 1.165) is 0 Å². The van der Waals surface area contributed by atoms with Crippen LogP contribution in [-0.2, 0) is 16.1 Å². The summed E-state index contributed by atoms with van der Waals surface area (Å²) in [6, 6.07) is 0. The van der Waals surface area contributed by atoms with Gasteiger partial charge in [0.25, 0.3) is 0 Å². The van der Waals surface area contributed by atoms with Gasteiger partial charge in [-0.25, -0.2) is 4.79 Å². The minimum Gasteiger partial charge on any atom is -0.465 e. The van der Waals surface area contributed by atoms with E-state index < -0.39 is 5.97 Å². The molecule has 5 nitrogen and oxygen atoms in total. The second kappa shape index (κ2) is 4.25. The van der Waals surface area contributed by atoms with E-state index >= 15 is 0 Å². The summed E-state index contributed by atoms with van der Waals surface area (Å²) in [5.41, 5.74) is 0.449. The predicted molar refractivity (Wildman–Crippen MR) is 43.6 cm³/mol. The molecule has 1 aromatic heterocycles. The summed E-state index contributed by atoms with van der Waals surface area (Å²) in [5, 5.41) is 3.46. The number of hydrogen-bond acceptors (Lipinski definition) is 5. The van der Waals surface area contributed by atoms with Gasteiger partial charge in [0.1, 0.15) is 11.3 Å². The van der Waals surface area contributed by atoms with Crippen molar-refractivity contribution < 1.29 is 18.8 Å². The minimum absolute atomic E-state index is 0.0844. The second-order valence-electron chi connectivity index (χ2n) is 2.20. The maximum atomic E-state index is 11.1. The molecule has 0 radical (unpaired) electrons. The quantitative estimate of drug-likeness (QED) is 0.696. The first-order chi connectivity index (χ1) is 6.20. The molecule has 0 aromatic carbocycles. The lowest BCUT2D eigenvalue weighted by Crippen LogP contribution is -2.05. The number of rotatable bonds is 3. The molecule has 0 aliphatic heterocycles. The van der Waals surface area contributed by atoms with E-state index in [4.69, 9.17) is 16.3 Å². The number of methoxy groups -OCH3 is 2. The van der Waals surface area contributed by atoms with Crippen molar-refractivity contribution >= 4 is 17.6 Å². The topological polar surface area (TPSA) is 61.6 Å². The Morgan fingerprint density at radius 1 is 1.62 bits per heavy atom. The Morgan fingerprint density at radius 3 is 2.85 bits per heavy atom.